The quantitative estimate of drug-likeness (QED) is 0.392. The smallest absolute Gasteiger partial charge is 0.206 e. The van der Waals surface area contributed by atoms with Gasteiger partial charge in [0.25, 0.3) is 0 Å². The number of anilines is 1. The van der Waals surface area contributed by atoms with Crippen molar-refractivity contribution < 1.29 is 26.7 Å². The second kappa shape index (κ2) is 4.75. The van der Waals surface area contributed by atoms with Gasteiger partial charge in [-0.3, -0.25) is 0 Å². The maximum Gasteiger partial charge on any atom is 0.206 e. The zero-order valence-electron chi connectivity index (χ0n) is 9.18. The minimum atomic E-state index is -2.09. The lowest BCUT2D eigenvalue weighted by Gasteiger charge is -2.11. The topological polar surface area (TPSA) is 35.2 Å². The highest BCUT2D eigenvalue weighted by Crippen LogP contribution is 2.36. The van der Waals surface area contributed by atoms with Crippen molar-refractivity contribution in [2.24, 2.45) is 0 Å². The summed E-state index contributed by atoms with van der Waals surface area (Å²) in [6, 6.07) is 4.75. The van der Waals surface area contributed by atoms with E-state index in [0.717, 1.165) is 12.1 Å². The molecule has 0 aliphatic heterocycles. The lowest BCUT2D eigenvalue weighted by atomic mass is 10.2. The molecule has 0 bridgehead atoms. The first kappa shape index (κ1) is 13.1. The van der Waals surface area contributed by atoms with Crippen LogP contribution in [0, 0.1) is 29.1 Å². The standard InChI is InChI=1S/C12H6F5NO/c13-5-3-1-2-4-6(5)19-12-10(17)8(15)7(14)9(16)11(12)18/h1-4H,18H2. The molecule has 2 aromatic carbocycles. The summed E-state index contributed by atoms with van der Waals surface area (Å²) >= 11 is 0. The molecule has 0 saturated heterocycles. The van der Waals surface area contributed by atoms with E-state index in [1.54, 1.807) is 0 Å². The van der Waals surface area contributed by atoms with Gasteiger partial charge in [-0.05, 0) is 12.1 Å². The zero-order chi connectivity index (χ0) is 14.2. The monoisotopic (exact) mass is 275 g/mol. The molecule has 2 aromatic rings. The summed E-state index contributed by atoms with van der Waals surface area (Å²) in [6.07, 6.45) is 0. The lowest BCUT2D eigenvalue weighted by molar-refractivity contribution is 0.366. The number of nitrogen functional groups attached to an aromatic ring is 1. The van der Waals surface area contributed by atoms with Gasteiger partial charge in [-0.15, -0.1) is 0 Å². The molecule has 0 aliphatic rings. The molecule has 2 nitrogen and oxygen atoms in total. The van der Waals surface area contributed by atoms with Gasteiger partial charge in [-0.1, -0.05) is 12.1 Å². The van der Waals surface area contributed by atoms with E-state index in [4.69, 9.17) is 5.73 Å². The third-order valence-electron chi connectivity index (χ3n) is 2.31. The van der Waals surface area contributed by atoms with Crippen LogP contribution in [0.3, 0.4) is 0 Å². The normalized spacial score (nSPS) is 10.6. The van der Waals surface area contributed by atoms with Gasteiger partial charge in [0.15, 0.2) is 29.0 Å². The average Bonchev–Trinajstić information content (AvgIpc) is 2.41. The molecule has 0 atom stereocenters. The maximum atomic E-state index is 13.4. The second-order valence-corrected chi connectivity index (χ2v) is 3.53. The number of nitrogens with two attached hydrogens (primary N) is 1. The number of para-hydroxylation sites is 1. The summed E-state index contributed by atoms with van der Waals surface area (Å²) < 4.78 is 70.4. The summed E-state index contributed by atoms with van der Waals surface area (Å²) in [5.74, 6) is -10.3. The van der Waals surface area contributed by atoms with E-state index in [2.05, 4.69) is 4.74 Å². The van der Waals surface area contributed by atoms with Gasteiger partial charge in [-0.2, -0.15) is 4.39 Å². The van der Waals surface area contributed by atoms with Crippen LogP contribution < -0.4 is 10.5 Å². The minimum absolute atomic E-state index is 0.501. The Labute approximate surface area is 104 Å². The molecule has 0 unspecified atom stereocenters. The Morgan fingerprint density at radius 1 is 0.789 bits per heavy atom. The molecule has 0 radical (unpaired) electrons. The van der Waals surface area contributed by atoms with Crippen LogP contribution >= 0.6 is 0 Å². The van der Waals surface area contributed by atoms with E-state index in [0.29, 0.717) is 0 Å². The van der Waals surface area contributed by atoms with E-state index in [1.807, 2.05) is 0 Å². The first-order valence-corrected chi connectivity index (χ1v) is 4.97. The summed E-state index contributed by atoms with van der Waals surface area (Å²) in [4.78, 5) is 0. The average molecular weight is 275 g/mol. The van der Waals surface area contributed by atoms with Crippen LogP contribution in [-0.4, -0.2) is 0 Å². The molecule has 0 aromatic heterocycles. The van der Waals surface area contributed by atoms with E-state index in [-0.39, 0.29) is 0 Å². The van der Waals surface area contributed by atoms with Crippen molar-refractivity contribution in [3.63, 3.8) is 0 Å². The number of rotatable bonds is 2. The van der Waals surface area contributed by atoms with Crippen molar-refractivity contribution in [1.29, 1.82) is 0 Å². The van der Waals surface area contributed by atoms with Crippen molar-refractivity contribution >= 4 is 5.69 Å². The van der Waals surface area contributed by atoms with Gasteiger partial charge in [0.05, 0.1) is 0 Å². The van der Waals surface area contributed by atoms with E-state index in [1.165, 1.54) is 12.1 Å². The molecule has 100 valence electrons. The molecule has 0 fully saturated rings. The number of ether oxygens (including phenoxy) is 1. The molecule has 0 saturated carbocycles. The van der Waals surface area contributed by atoms with Crippen molar-refractivity contribution in [3.8, 4) is 11.5 Å². The number of hydrogen-bond acceptors (Lipinski definition) is 2. The van der Waals surface area contributed by atoms with Crippen LogP contribution in [0.2, 0.25) is 0 Å². The van der Waals surface area contributed by atoms with Crippen LogP contribution in [0.5, 0.6) is 11.5 Å². The Bertz CT molecular complexity index is 615. The van der Waals surface area contributed by atoms with Crippen LogP contribution in [0.4, 0.5) is 27.6 Å². The minimum Gasteiger partial charge on any atom is -0.449 e. The van der Waals surface area contributed by atoms with Gasteiger partial charge < -0.3 is 10.5 Å². The first-order chi connectivity index (χ1) is 8.93. The van der Waals surface area contributed by atoms with E-state index < -0.39 is 46.3 Å². The van der Waals surface area contributed by atoms with Gasteiger partial charge in [0, 0.05) is 0 Å². The fourth-order valence-corrected chi connectivity index (χ4v) is 1.37. The molecule has 19 heavy (non-hydrogen) atoms. The molecule has 0 heterocycles. The highest BCUT2D eigenvalue weighted by atomic mass is 19.2. The predicted octanol–water partition coefficient (Wildman–Crippen LogP) is 3.76. The molecule has 7 heteroatoms. The van der Waals surface area contributed by atoms with Crippen molar-refractivity contribution in [3.05, 3.63) is 53.4 Å². The summed E-state index contributed by atoms with van der Waals surface area (Å²) in [5.41, 5.74) is 4.00. The van der Waals surface area contributed by atoms with Gasteiger partial charge >= 0.3 is 0 Å². The Kier molecular flexibility index (Phi) is 3.28. The highest BCUT2D eigenvalue weighted by Gasteiger charge is 2.25. The highest BCUT2D eigenvalue weighted by molar-refractivity contribution is 5.56. The molecule has 2 rings (SSSR count). The first-order valence-electron chi connectivity index (χ1n) is 4.97. The van der Waals surface area contributed by atoms with Gasteiger partial charge in [-0.25, -0.2) is 17.6 Å². The van der Waals surface area contributed by atoms with Crippen LogP contribution in [0.1, 0.15) is 0 Å². The van der Waals surface area contributed by atoms with Crippen LogP contribution in [0.25, 0.3) is 0 Å². The van der Waals surface area contributed by atoms with Gasteiger partial charge in [0.1, 0.15) is 5.69 Å². The lowest BCUT2D eigenvalue weighted by Crippen LogP contribution is -2.06. The summed E-state index contributed by atoms with van der Waals surface area (Å²) in [7, 11) is 0. The Balaban J connectivity index is 2.56. The molecule has 0 amide bonds. The predicted molar refractivity (Wildman–Crippen MR) is 57.2 cm³/mol. The molecule has 0 aliphatic carbocycles. The number of benzene rings is 2. The van der Waals surface area contributed by atoms with E-state index >= 15 is 0 Å². The third kappa shape index (κ3) is 2.18. The maximum absolute atomic E-state index is 13.4. The molecule has 0 spiro atoms. The molecular weight excluding hydrogens is 269 g/mol. The number of halogens is 5. The second-order valence-electron chi connectivity index (χ2n) is 3.53. The summed E-state index contributed by atoms with van der Waals surface area (Å²) in [5, 5.41) is 0. The van der Waals surface area contributed by atoms with Crippen LogP contribution in [-0.2, 0) is 0 Å². The van der Waals surface area contributed by atoms with Crippen molar-refractivity contribution in [1.82, 2.24) is 0 Å². The summed E-state index contributed by atoms with van der Waals surface area (Å²) in [6.45, 7) is 0. The fourth-order valence-electron chi connectivity index (χ4n) is 1.37. The Morgan fingerprint density at radius 3 is 2.00 bits per heavy atom. The third-order valence-corrected chi connectivity index (χ3v) is 2.31. The fraction of sp³-hybridized carbons (Fsp3) is 0. The Morgan fingerprint density at radius 2 is 1.37 bits per heavy atom. The van der Waals surface area contributed by atoms with Crippen molar-refractivity contribution in [2.75, 3.05) is 5.73 Å². The zero-order valence-corrected chi connectivity index (χ0v) is 9.18. The largest absolute Gasteiger partial charge is 0.449 e. The van der Waals surface area contributed by atoms with E-state index in [9.17, 15) is 22.0 Å². The number of hydrogen-bond donors (Lipinski definition) is 1. The van der Waals surface area contributed by atoms with Gasteiger partial charge in [0.2, 0.25) is 11.6 Å². The van der Waals surface area contributed by atoms with Crippen LogP contribution in [0.15, 0.2) is 24.3 Å². The Hall–Kier alpha value is -2.31. The molecule has 2 N–H and O–H groups in total. The molecular formula is C12H6F5NO. The SMILES string of the molecule is Nc1c(F)c(F)c(F)c(F)c1Oc1ccccc1F. The van der Waals surface area contributed by atoms with Crippen molar-refractivity contribution in [2.45, 2.75) is 0 Å².